The van der Waals surface area contributed by atoms with Gasteiger partial charge in [0, 0.05) is 12.1 Å². The Labute approximate surface area is 144 Å². The number of esters is 1. The number of aryl methyl sites for hydroxylation is 1. The average molecular weight is 355 g/mol. The van der Waals surface area contributed by atoms with E-state index in [9.17, 15) is 14.4 Å². The quantitative estimate of drug-likeness (QED) is 0.675. The van der Waals surface area contributed by atoms with Crippen molar-refractivity contribution in [2.24, 2.45) is 0 Å². The highest BCUT2D eigenvalue weighted by molar-refractivity contribution is 8.01. The lowest BCUT2D eigenvalue weighted by molar-refractivity contribution is -0.152. The first kappa shape index (κ1) is 18.3. The van der Waals surface area contributed by atoms with Gasteiger partial charge in [0.1, 0.15) is 5.76 Å². The molecule has 1 aliphatic rings. The molecule has 2 atom stereocenters. The first-order chi connectivity index (χ1) is 11.3. The molecule has 0 bridgehead atoms. The highest BCUT2D eigenvalue weighted by atomic mass is 32.2. The molecule has 1 saturated carbocycles. The number of hydrogen-bond donors (Lipinski definition) is 2. The molecule has 1 fully saturated rings. The summed E-state index contributed by atoms with van der Waals surface area (Å²) < 4.78 is 9.92. The van der Waals surface area contributed by atoms with Gasteiger partial charge in [-0.05, 0) is 33.6 Å². The molecule has 2 rings (SSSR count). The van der Waals surface area contributed by atoms with Crippen LogP contribution < -0.4 is 10.6 Å². The van der Waals surface area contributed by atoms with Gasteiger partial charge >= 0.3 is 5.97 Å². The fraction of sp³-hybridized carbons (Fsp3) is 0.600. The molecule has 2 N–H and O–H groups in total. The zero-order valence-electron chi connectivity index (χ0n) is 13.8. The molecule has 1 heterocycles. The lowest BCUT2D eigenvalue weighted by Crippen LogP contribution is -2.37. The first-order valence-electron chi connectivity index (χ1n) is 7.71. The fourth-order valence-electron chi connectivity index (χ4n) is 1.75. The topological polar surface area (TPSA) is 111 Å². The van der Waals surface area contributed by atoms with Crippen LogP contribution in [0.1, 0.15) is 32.4 Å². The van der Waals surface area contributed by atoms with Crippen molar-refractivity contribution in [3.63, 3.8) is 0 Å². The molecule has 1 aromatic heterocycles. The van der Waals surface area contributed by atoms with E-state index in [1.165, 1.54) is 6.92 Å². The number of nitrogens with zero attached hydrogens (tertiary/aromatic N) is 1. The molecule has 24 heavy (non-hydrogen) atoms. The van der Waals surface area contributed by atoms with Crippen LogP contribution in [0.25, 0.3) is 0 Å². The van der Waals surface area contributed by atoms with Gasteiger partial charge in [-0.15, -0.1) is 11.8 Å². The molecule has 132 valence electrons. The van der Waals surface area contributed by atoms with Crippen LogP contribution in [0, 0.1) is 6.92 Å². The van der Waals surface area contributed by atoms with E-state index < -0.39 is 17.3 Å². The van der Waals surface area contributed by atoms with Crippen LogP contribution in [0.3, 0.4) is 0 Å². The Kier molecular flexibility index (Phi) is 6.24. The summed E-state index contributed by atoms with van der Waals surface area (Å²) in [6, 6.07) is 1.82. The number of rotatable bonds is 8. The van der Waals surface area contributed by atoms with Crippen molar-refractivity contribution < 1.29 is 23.6 Å². The number of hydrogen-bond acceptors (Lipinski definition) is 7. The second kappa shape index (κ2) is 8.18. The maximum atomic E-state index is 12.0. The third kappa shape index (κ3) is 5.88. The van der Waals surface area contributed by atoms with Crippen LogP contribution >= 0.6 is 11.8 Å². The van der Waals surface area contributed by atoms with Crippen molar-refractivity contribution in [2.75, 3.05) is 11.1 Å². The predicted molar refractivity (Wildman–Crippen MR) is 88.5 cm³/mol. The standard InChI is InChI=1S/C15H21N3O5S/c1-8-6-12(18-23-8)17-15(21)10(3)24-7-13(19)22-9(2)14(20)16-11-4-5-11/h6,9-11H,4-5,7H2,1-3H3,(H,16,20)(H,17,18,21)/t9-,10+/m0/s1. The SMILES string of the molecule is Cc1cc(NC(=O)[C@@H](C)SCC(=O)O[C@@H](C)C(=O)NC2CC2)no1. The molecular weight excluding hydrogens is 334 g/mol. The largest absolute Gasteiger partial charge is 0.452 e. The normalized spacial score (nSPS) is 16.1. The molecule has 1 aromatic rings. The minimum atomic E-state index is -0.832. The van der Waals surface area contributed by atoms with Gasteiger partial charge in [-0.25, -0.2) is 0 Å². The Bertz CT molecular complexity index is 614. The van der Waals surface area contributed by atoms with Gasteiger partial charge in [0.25, 0.3) is 5.91 Å². The number of ether oxygens (including phenoxy) is 1. The van der Waals surface area contributed by atoms with Crippen LogP contribution in [-0.4, -0.2) is 46.1 Å². The number of anilines is 1. The van der Waals surface area contributed by atoms with Crippen LogP contribution in [0.2, 0.25) is 0 Å². The summed E-state index contributed by atoms with van der Waals surface area (Å²) >= 11 is 1.12. The third-order valence-electron chi connectivity index (χ3n) is 3.30. The van der Waals surface area contributed by atoms with Crippen LogP contribution in [0.15, 0.2) is 10.6 Å². The van der Waals surface area contributed by atoms with Crippen LogP contribution in [-0.2, 0) is 19.1 Å². The molecule has 9 heteroatoms. The van der Waals surface area contributed by atoms with E-state index in [1.54, 1.807) is 19.9 Å². The van der Waals surface area contributed by atoms with Crippen molar-refractivity contribution in [3.05, 3.63) is 11.8 Å². The molecule has 1 aliphatic carbocycles. The van der Waals surface area contributed by atoms with Crippen molar-refractivity contribution in [2.45, 2.75) is 51.0 Å². The van der Waals surface area contributed by atoms with Crippen molar-refractivity contribution in [1.82, 2.24) is 10.5 Å². The highest BCUT2D eigenvalue weighted by Crippen LogP contribution is 2.19. The van der Waals surface area contributed by atoms with E-state index in [1.807, 2.05) is 0 Å². The summed E-state index contributed by atoms with van der Waals surface area (Å²) in [5.41, 5.74) is 0. The van der Waals surface area contributed by atoms with Crippen LogP contribution in [0.5, 0.6) is 0 Å². The molecule has 0 radical (unpaired) electrons. The number of carbonyl (C=O) groups is 3. The molecule has 0 saturated heterocycles. The monoisotopic (exact) mass is 355 g/mol. The highest BCUT2D eigenvalue weighted by Gasteiger charge is 2.27. The van der Waals surface area contributed by atoms with Gasteiger partial charge in [0.15, 0.2) is 11.9 Å². The molecular formula is C15H21N3O5S. The molecule has 2 amide bonds. The van der Waals surface area contributed by atoms with Crippen molar-refractivity contribution in [3.8, 4) is 0 Å². The number of carbonyl (C=O) groups excluding carboxylic acids is 3. The number of amides is 2. The van der Waals surface area contributed by atoms with Gasteiger partial charge in [-0.2, -0.15) is 0 Å². The lowest BCUT2D eigenvalue weighted by atomic mass is 10.3. The third-order valence-corrected chi connectivity index (χ3v) is 4.42. The van der Waals surface area contributed by atoms with Gasteiger partial charge in [0.05, 0.1) is 11.0 Å². The van der Waals surface area contributed by atoms with Crippen molar-refractivity contribution >= 4 is 35.4 Å². The summed E-state index contributed by atoms with van der Waals surface area (Å²) in [4.78, 5) is 35.4. The zero-order chi connectivity index (χ0) is 17.7. The van der Waals surface area contributed by atoms with Gasteiger partial charge in [-0.1, -0.05) is 5.16 Å². The van der Waals surface area contributed by atoms with Crippen molar-refractivity contribution in [1.29, 1.82) is 0 Å². The summed E-state index contributed by atoms with van der Waals surface area (Å²) in [5.74, 6) is -0.211. The van der Waals surface area contributed by atoms with Crippen LogP contribution in [0.4, 0.5) is 5.82 Å². The molecule has 0 aliphatic heterocycles. The maximum absolute atomic E-state index is 12.0. The van der Waals surface area contributed by atoms with Gasteiger partial charge < -0.3 is 19.9 Å². The maximum Gasteiger partial charge on any atom is 0.316 e. The minimum absolute atomic E-state index is 0.0204. The fourth-order valence-corrected chi connectivity index (χ4v) is 2.42. The Morgan fingerprint density at radius 1 is 1.38 bits per heavy atom. The summed E-state index contributed by atoms with van der Waals surface area (Å²) in [6.07, 6.45) is 1.11. The first-order valence-corrected chi connectivity index (χ1v) is 8.75. The van der Waals surface area contributed by atoms with E-state index in [2.05, 4.69) is 15.8 Å². The molecule has 8 nitrogen and oxygen atoms in total. The number of aromatic nitrogens is 1. The second-order valence-corrected chi connectivity index (χ2v) is 7.01. The predicted octanol–water partition coefficient (Wildman–Crippen LogP) is 1.25. The Morgan fingerprint density at radius 3 is 2.67 bits per heavy atom. The smallest absolute Gasteiger partial charge is 0.316 e. The molecule has 0 unspecified atom stereocenters. The number of thioether (sulfide) groups is 1. The van der Waals surface area contributed by atoms with E-state index in [0.717, 1.165) is 24.6 Å². The zero-order valence-corrected chi connectivity index (χ0v) is 14.6. The Hall–Kier alpha value is -2.03. The molecule has 0 spiro atoms. The second-order valence-electron chi connectivity index (χ2n) is 5.68. The average Bonchev–Trinajstić information content (AvgIpc) is 3.25. The Morgan fingerprint density at radius 2 is 2.08 bits per heavy atom. The summed E-state index contributed by atoms with van der Waals surface area (Å²) in [5, 5.41) is 8.55. The van der Waals surface area contributed by atoms with Gasteiger partial charge in [0.2, 0.25) is 5.91 Å². The minimum Gasteiger partial charge on any atom is -0.452 e. The van der Waals surface area contributed by atoms with E-state index in [0.29, 0.717) is 11.6 Å². The molecule has 0 aromatic carbocycles. The van der Waals surface area contributed by atoms with E-state index in [-0.39, 0.29) is 23.6 Å². The summed E-state index contributed by atoms with van der Waals surface area (Å²) in [6.45, 7) is 4.92. The lowest BCUT2D eigenvalue weighted by Gasteiger charge is -2.14. The Balaban J connectivity index is 1.67. The van der Waals surface area contributed by atoms with Gasteiger partial charge in [-0.3, -0.25) is 14.4 Å². The van der Waals surface area contributed by atoms with E-state index >= 15 is 0 Å². The summed E-state index contributed by atoms with van der Waals surface area (Å²) in [7, 11) is 0. The van der Waals surface area contributed by atoms with E-state index in [4.69, 9.17) is 9.26 Å². The number of nitrogens with one attached hydrogen (secondary N) is 2.